The molecular weight excluding hydrogens is 328 g/mol. The summed E-state index contributed by atoms with van der Waals surface area (Å²) in [6.45, 7) is 1.77. The smallest absolute Gasteiger partial charge is 0.309 e. The van der Waals surface area contributed by atoms with Gasteiger partial charge in [-0.05, 0) is 25.7 Å². The number of rotatable bonds is 4. The first kappa shape index (κ1) is 16.4. The second-order valence-corrected chi connectivity index (χ2v) is 7.04. The number of carbonyl (C=O) groups excluding carboxylic acids is 2. The highest BCUT2D eigenvalue weighted by Gasteiger charge is 2.49. The van der Waals surface area contributed by atoms with Gasteiger partial charge >= 0.3 is 16.4 Å². The van der Waals surface area contributed by atoms with Crippen LogP contribution < -0.4 is 5.43 Å². The van der Waals surface area contributed by atoms with Gasteiger partial charge in [0.15, 0.2) is 0 Å². The van der Waals surface area contributed by atoms with Crippen molar-refractivity contribution in [3.05, 3.63) is 0 Å². The Morgan fingerprint density at radius 1 is 1.22 bits per heavy atom. The lowest BCUT2D eigenvalue weighted by molar-refractivity contribution is -0.131. The molecule has 0 aromatic rings. The molecule has 0 aromatic heterocycles. The summed E-state index contributed by atoms with van der Waals surface area (Å²) in [6.07, 6.45) is 4.03. The van der Waals surface area contributed by atoms with Crippen molar-refractivity contribution in [3.63, 3.8) is 0 Å². The first-order valence-corrected chi connectivity index (χ1v) is 9.04. The van der Waals surface area contributed by atoms with Crippen LogP contribution in [-0.2, 0) is 19.5 Å². The Morgan fingerprint density at radius 3 is 2.57 bits per heavy atom. The van der Waals surface area contributed by atoms with Crippen molar-refractivity contribution in [1.82, 2.24) is 20.4 Å². The minimum atomic E-state index is -4.77. The maximum absolute atomic E-state index is 12.4. The van der Waals surface area contributed by atoms with Crippen LogP contribution in [0.1, 0.15) is 32.1 Å². The van der Waals surface area contributed by atoms with E-state index < -0.39 is 28.5 Å². The molecule has 3 rings (SSSR count). The molecule has 0 radical (unpaired) electrons. The molecule has 3 fully saturated rings. The Labute approximate surface area is 134 Å². The zero-order valence-electron chi connectivity index (χ0n) is 12.5. The summed E-state index contributed by atoms with van der Waals surface area (Å²) < 4.78 is 34.8. The van der Waals surface area contributed by atoms with Crippen LogP contribution in [0.2, 0.25) is 0 Å². The highest BCUT2D eigenvalue weighted by atomic mass is 32.3. The zero-order chi connectivity index (χ0) is 16.6. The van der Waals surface area contributed by atoms with E-state index in [9.17, 15) is 18.0 Å². The maximum Gasteiger partial charge on any atom is 0.418 e. The number of amides is 3. The van der Waals surface area contributed by atoms with Gasteiger partial charge < -0.3 is 4.90 Å². The summed E-state index contributed by atoms with van der Waals surface area (Å²) in [5, 5.41) is 2.49. The molecule has 0 aliphatic carbocycles. The van der Waals surface area contributed by atoms with E-state index in [-0.39, 0.29) is 12.5 Å². The second-order valence-electron chi connectivity index (χ2n) is 6.03. The molecule has 11 heteroatoms. The Bertz CT molecular complexity index is 590. The molecule has 3 aliphatic rings. The molecule has 3 heterocycles. The van der Waals surface area contributed by atoms with E-state index >= 15 is 0 Å². The van der Waals surface area contributed by atoms with Crippen LogP contribution in [0.4, 0.5) is 4.79 Å². The second kappa shape index (κ2) is 6.23. The fourth-order valence-electron chi connectivity index (χ4n) is 3.34. The minimum Gasteiger partial charge on any atom is -0.309 e. The van der Waals surface area contributed by atoms with Crippen molar-refractivity contribution >= 4 is 22.3 Å². The summed E-state index contributed by atoms with van der Waals surface area (Å²) in [6, 6.07) is -1.86. The Hall–Kier alpha value is -1.43. The van der Waals surface area contributed by atoms with Crippen LogP contribution in [0.25, 0.3) is 0 Å². The van der Waals surface area contributed by atoms with Gasteiger partial charge in [-0.1, -0.05) is 6.42 Å². The number of urea groups is 1. The van der Waals surface area contributed by atoms with Crippen LogP contribution in [-0.4, -0.2) is 71.6 Å². The van der Waals surface area contributed by atoms with Gasteiger partial charge in [-0.15, -0.1) is 4.28 Å². The number of piperidine rings is 2. The molecule has 2 bridgehead atoms. The predicted molar refractivity (Wildman–Crippen MR) is 77.0 cm³/mol. The van der Waals surface area contributed by atoms with Gasteiger partial charge in [-0.2, -0.15) is 13.5 Å². The molecule has 2 atom stereocenters. The van der Waals surface area contributed by atoms with Crippen molar-refractivity contribution in [2.75, 3.05) is 19.6 Å². The SMILES string of the molecule is O=C(NN1CCCCC1)[C@@H]1CC[C@@H]2CN1C(=O)N2OS(=O)(=O)O. The lowest BCUT2D eigenvalue weighted by Gasteiger charge is -2.33. The van der Waals surface area contributed by atoms with Gasteiger partial charge in [-0.3, -0.25) is 14.8 Å². The van der Waals surface area contributed by atoms with Crippen molar-refractivity contribution in [2.45, 2.75) is 44.2 Å². The lowest BCUT2D eigenvalue weighted by atomic mass is 10.0. The summed E-state index contributed by atoms with van der Waals surface area (Å²) in [4.78, 5) is 25.9. The Kier molecular flexibility index (Phi) is 4.45. The highest BCUT2D eigenvalue weighted by molar-refractivity contribution is 7.80. The highest BCUT2D eigenvalue weighted by Crippen LogP contribution is 2.30. The molecule has 130 valence electrons. The summed E-state index contributed by atoms with van der Waals surface area (Å²) >= 11 is 0. The molecule has 10 nitrogen and oxygen atoms in total. The van der Waals surface area contributed by atoms with E-state index in [2.05, 4.69) is 9.71 Å². The lowest BCUT2D eigenvalue weighted by Crippen LogP contribution is -2.55. The number of carbonyl (C=O) groups is 2. The van der Waals surface area contributed by atoms with Crippen LogP contribution in [0.5, 0.6) is 0 Å². The standard InChI is InChI=1S/C12H20N4O6S/c17-11(13-14-6-2-1-3-7-14)10-5-4-9-8-15(10)12(18)16(9)22-23(19,20)21/h9-10H,1-8H2,(H,13,17)(H,19,20,21)/t9-,10+/m1/s1. The largest absolute Gasteiger partial charge is 0.418 e. The van der Waals surface area contributed by atoms with Crippen molar-refractivity contribution in [1.29, 1.82) is 0 Å². The first-order chi connectivity index (χ1) is 10.8. The molecule has 3 saturated heterocycles. The average Bonchev–Trinajstić information content (AvgIpc) is 2.72. The van der Waals surface area contributed by atoms with Crippen LogP contribution >= 0.6 is 0 Å². The number of nitrogens with one attached hydrogen (secondary N) is 1. The molecule has 2 N–H and O–H groups in total. The molecule has 0 spiro atoms. The molecule has 0 saturated carbocycles. The normalized spacial score (nSPS) is 29.0. The summed E-state index contributed by atoms with van der Waals surface area (Å²) in [5.41, 5.74) is 2.83. The van der Waals surface area contributed by atoms with Crippen molar-refractivity contribution < 1.29 is 26.8 Å². The van der Waals surface area contributed by atoms with Crippen LogP contribution in [0.3, 0.4) is 0 Å². The summed E-state index contributed by atoms with van der Waals surface area (Å²) in [7, 11) is -4.77. The van der Waals surface area contributed by atoms with Crippen LogP contribution in [0.15, 0.2) is 0 Å². The monoisotopic (exact) mass is 348 g/mol. The first-order valence-electron chi connectivity index (χ1n) is 7.67. The molecule has 0 unspecified atom stereocenters. The summed E-state index contributed by atoms with van der Waals surface area (Å²) in [5.74, 6) is -0.271. The van der Waals surface area contributed by atoms with E-state index in [1.807, 2.05) is 5.01 Å². The number of hydroxylamine groups is 2. The van der Waals surface area contributed by atoms with E-state index in [0.717, 1.165) is 32.4 Å². The fraction of sp³-hybridized carbons (Fsp3) is 0.833. The van der Waals surface area contributed by atoms with E-state index in [1.165, 1.54) is 4.90 Å². The van der Waals surface area contributed by atoms with Gasteiger partial charge in [0.25, 0.3) is 5.91 Å². The fourth-order valence-corrected chi connectivity index (χ4v) is 3.73. The van der Waals surface area contributed by atoms with Gasteiger partial charge in [0.1, 0.15) is 6.04 Å². The Morgan fingerprint density at radius 2 is 1.91 bits per heavy atom. The number of hydrogen-bond donors (Lipinski definition) is 2. The molecule has 0 aromatic carbocycles. The van der Waals surface area contributed by atoms with Crippen molar-refractivity contribution in [3.8, 4) is 0 Å². The van der Waals surface area contributed by atoms with Gasteiger partial charge in [-0.25, -0.2) is 9.80 Å². The number of nitrogens with zero attached hydrogens (tertiary/aromatic N) is 3. The Balaban J connectivity index is 1.64. The molecule has 23 heavy (non-hydrogen) atoms. The van der Waals surface area contributed by atoms with Gasteiger partial charge in [0, 0.05) is 19.6 Å². The van der Waals surface area contributed by atoms with Crippen LogP contribution in [0, 0.1) is 0 Å². The minimum absolute atomic E-state index is 0.201. The van der Waals surface area contributed by atoms with Crippen molar-refractivity contribution in [2.24, 2.45) is 0 Å². The quantitative estimate of drug-likeness (QED) is 0.658. The average molecular weight is 348 g/mol. The predicted octanol–water partition coefficient (Wildman–Crippen LogP) is -0.493. The molecule has 3 amide bonds. The number of fused-ring (bicyclic) bond motifs is 2. The number of hydrazine groups is 1. The van der Waals surface area contributed by atoms with Gasteiger partial charge in [0.05, 0.1) is 6.04 Å². The topological polar surface area (TPSA) is 119 Å². The number of hydrogen-bond acceptors (Lipinski definition) is 6. The maximum atomic E-state index is 12.4. The third-order valence-corrected chi connectivity index (χ3v) is 4.77. The molecule has 3 aliphatic heterocycles. The van der Waals surface area contributed by atoms with E-state index in [1.54, 1.807) is 0 Å². The third-order valence-electron chi connectivity index (χ3n) is 4.42. The molecular formula is C12H20N4O6S. The van der Waals surface area contributed by atoms with E-state index in [0.29, 0.717) is 17.9 Å². The third kappa shape index (κ3) is 3.57. The van der Waals surface area contributed by atoms with E-state index in [4.69, 9.17) is 4.55 Å². The zero-order valence-corrected chi connectivity index (χ0v) is 13.4. The van der Waals surface area contributed by atoms with Gasteiger partial charge in [0.2, 0.25) is 0 Å².